The monoisotopic (exact) mass is 314 g/mol. The molecule has 0 aromatic carbocycles. The summed E-state index contributed by atoms with van der Waals surface area (Å²) < 4.78 is 30.1. The highest BCUT2D eigenvalue weighted by Gasteiger charge is 2.31. The van der Waals surface area contributed by atoms with Gasteiger partial charge < -0.3 is 9.32 Å². The van der Waals surface area contributed by atoms with E-state index in [-0.39, 0.29) is 18.4 Å². The smallest absolute Gasteiger partial charge is 0.227 e. The van der Waals surface area contributed by atoms with E-state index in [1.54, 1.807) is 11.9 Å². The van der Waals surface area contributed by atoms with E-state index >= 15 is 0 Å². The number of sulfonamides is 1. The number of rotatable bonds is 4. The van der Waals surface area contributed by atoms with E-state index < -0.39 is 10.0 Å². The Morgan fingerprint density at radius 2 is 2.19 bits per heavy atom. The zero-order valence-electron chi connectivity index (χ0n) is 12.7. The molecule has 7 heteroatoms. The Balaban J connectivity index is 1.98. The van der Waals surface area contributed by atoms with E-state index in [2.05, 4.69) is 0 Å². The Hall–Kier alpha value is -1.34. The lowest BCUT2D eigenvalue weighted by Gasteiger charge is -2.32. The maximum atomic E-state index is 12.4. The number of nitrogens with zero attached hydrogens (tertiary/aromatic N) is 2. The lowest BCUT2D eigenvalue weighted by Crippen LogP contribution is -2.45. The third-order valence-corrected chi connectivity index (χ3v) is 5.04. The Kier molecular flexibility index (Phi) is 4.73. The van der Waals surface area contributed by atoms with Crippen LogP contribution in [0.2, 0.25) is 0 Å². The first-order valence-corrected chi connectivity index (χ1v) is 8.87. The van der Waals surface area contributed by atoms with Gasteiger partial charge >= 0.3 is 0 Å². The summed E-state index contributed by atoms with van der Waals surface area (Å²) in [5.74, 6) is 1.25. The van der Waals surface area contributed by atoms with Crippen LogP contribution in [0.5, 0.6) is 0 Å². The average Bonchev–Trinajstić information content (AvgIpc) is 2.82. The predicted molar refractivity (Wildman–Crippen MR) is 79.1 cm³/mol. The minimum absolute atomic E-state index is 0.0302. The molecule has 0 radical (unpaired) electrons. The highest BCUT2D eigenvalue weighted by atomic mass is 32.2. The van der Waals surface area contributed by atoms with E-state index in [1.165, 1.54) is 10.6 Å². The van der Waals surface area contributed by atoms with Crippen LogP contribution in [0, 0.1) is 12.8 Å². The Labute approximate surface area is 125 Å². The average molecular weight is 314 g/mol. The topological polar surface area (TPSA) is 70.8 Å². The van der Waals surface area contributed by atoms with Gasteiger partial charge in [-0.15, -0.1) is 0 Å². The van der Waals surface area contributed by atoms with E-state index in [1.807, 2.05) is 19.1 Å². The highest BCUT2D eigenvalue weighted by molar-refractivity contribution is 7.88. The Bertz CT molecular complexity index is 608. The lowest BCUT2D eigenvalue weighted by molar-refractivity contribution is -0.136. The van der Waals surface area contributed by atoms with E-state index in [0.29, 0.717) is 13.1 Å². The third-order valence-electron chi connectivity index (χ3n) is 3.77. The molecule has 2 rings (SSSR count). The molecule has 118 valence electrons. The van der Waals surface area contributed by atoms with Gasteiger partial charge in [0.05, 0.1) is 18.7 Å². The van der Waals surface area contributed by atoms with E-state index in [4.69, 9.17) is 4.42 Å². The molecule has 1 aromatic heterocycles. The molecule has 1 atom stereocenters. The number of furan rings is 1. The van der Waals surface area contributed by atoms with Crippen LogP contribution >= 0.6 is 0 Å². The number of amides is 1. The predicted octanol–water partition coefficient (Wildman–Crippen LogP) is 1.22. The van der Waals surface area contributed by atoms with Gasteiger partial charge in [-0.2, -0.15) is 0 Å². The summed E-state index contributed by atoms with van der Waals surface area (Å²) in [6, 6.07) is 3.71. The molecule has 0 bridgehead atoms. The molecule has 1 fully saturated rings. The van der Waals surface area contributed by atoms with Gasteiger partial charge in [-0.05, 0) is 31.9 Å². The van der Waals surface area contributed by atoms with Crippen molar-refractivity contribution in [3.8, 4) is 0 Å². The van der Waals surface area contributed by atoms with Crippen molar-refractivity contribution < 1.29 is 17.6 Å². The van der Waals surface area contributed by atoms with Crippen molar-refractivity contribution in [1.29, 1.82) is 0 Å². The SMILES string of the molecule is Cc1ccc(CN(C)C(=O)C2CCCN(S(C)(=O)=O)C2)o1. The summed E-state index contributed by atoms with van der Waals surface area (Å²) in [6.07, 6.45) is 2.64. The lowest BCUT2D eigenvalue weighted by atomic mass is 9.98. The number of hydrogen-bond acceptors (Lipinski definition) is 4. The zero-order valence-corrected chi connectivity index (χ0v) is 13.5. The first-order valence-electron chi connectivity index (χ1n) is 7.03. The molecule has 1 saturated heterocycles. The van der Waals surface area contributed by atoms with Crippen LogP contribution < -0.4 is 0 Å². The largest absolute Gasteiger partial charge is 0.464 e. The fraction of sp³-hybridized carbons (Fsp3) is 0.643. The van der Waals surface area contributed by atoms with Crippen molar-refractivity contribution in [2.45, 2.75) is 26.3 Å². The van der Waals surface area contributed by atoms with Crippen LogP contribution in [0.3, 0.4) is 0 Å². The van der Waals surface area contributed by atoms with Gasteiger partial charge in [0.25, 0.3) is 0 Å². The number of aryl methyl sites for hydroxylation is 1. The minimum atomic E-state index is -3.23. The fourth-order valence-corrected chi connectivity index (χ4v) is 3.55. The normalized spacial score (nSPS) is 20.4. The molecule has 1 aromatic rings. The third kappa shape index (κ3) is 4.07. The van der Waals surface area contributed by atoms with Crippen LogP contribution in [-0.2, 0) is 21.4 Å². The molecule has 1 amide bonds. The van der Waals surface area contributed by atoms with Gasteiger partial charge in [0.2, 0.25) is 15.9 Å². The highest BCUT2D eigenvalue weighted by Crippen LogP contribution is 2.21. The molecule has 1 aliphatic heterocycles. The van der Waals surface area contributed by atoms with Gasteiger partial charge in [0.1, 0.15) is 11.5 Å². The van der Waals surface area contributed by atoms with Crippen molar-refractivity contribution in [3.05, 3.63) is 23.7 Å². The summed E-state index contributed by atoms with van der Waals surface area (Å²) in [6.45, 7) is 3.04. The van der Waals surface area contributed by atoms with Crippen molar-refractivity contribution in [3.63, 3.8) is 0 Å². The maximum absolute atomic E-state index is 12.4. The Morgan fingerprint density at radius 3 is 2.76 bits per heavy atom. The van der Waals surface area contributed by atoms with Gasteiger partial charge in [0.15, 0.2) is 0 Å². The molecular formula is C14H22N2O4S. The first kappa shape index (κ1) is 16.0. The van der Waals surface area contributed by atoms with Gasteiger partial charge in [-0.25, -0.2) is 12.7 Å². The summed E-state index contributed by atoms with van der Waals surface area (Å²) in [5, 5.41) is 0. The number of carbonyl (C=O) groups is 1. The summed E-state index contributed by atoms with van der Waals surface area (Å²) in [7, 11) is -1.51. The van der Waals surface area contributed by atoms with Crippen molar-refractivity contribution in [2.75, 3.05) is 26.4 Å². The zero-order chi connectivity index (χ0) is 15.6. The van der Waals surface area contributed by atoms with Crippen molar-refractivity contribution in [1.82, 2.24) is 9.21 Å². The summed E-state index contributed by atoms with van der Waals surface area (Å²) >= 11 is 0. The van der Waals surface area contributed by atoms with Crippen molar-refractivity contribution >= 4 is 15.9 Å². The molecule has 21 heavy (non-hydrogen) atoms. The first-order chi connectivity index (χ1) is 9.77. The second-order valence-electron chi connectivity index (χ2n) is 5.67. The molecule has 1 unspecified atom stereocenters. The van der Waals surface area contributed by atoms with Gasteiger partial charge in [-0.3, -0.25) is 4.79 Å². The molecule has 2 heterocycles. The fourth-order valence-electron chi connectivity index (χ4n) is 2.64. The molecule has 1 aliphatic rings. The molecular weight excluding hydrogens is 292 g/mol. The second-order valence-corrected chi connectivity index (χ2v) is 7.65. The van der Waals surface area contributed by atoms with Crippen LogP contribution in [0.25, 0.3) is 0 Å². The minimum Gasteiger partial charge on any atom is -0.464 e. The summed E-state index contributed by atoms with van der Waals surface area (Å²) in [4.78, 5) is 14.1. The number of hydrogen-bond donors (Lipinski definition) is 0. The standard InChI is InChI=1S/C14H22N2O4S/c1-11-6-7-13(20-11)10-15(2)14(17)12-5-4-8-16(9-12)21(3,18)19/h6-7,12H,4-5,8-10H2,1-3H3. The molecule has 0 spiro atoms. The molecule has 0 saturated carbocycles. The number of piperidine rings is 1. The maximum Gasteiger partial charge on any atom is 0.227 e. The molecule has 0 aliphatic carbocycles. The van der Waals surface area contributed by atoms with Crippen LogP contribution in [0.1, 0.15) is 24.4 Å². The van der Waals surface area contributed by atoms with Gasteiger partial charge in [0, 0.05) is 20.1 Å². The number of carbonyl (C=O) groups excluding carboxylic acids is 1. The van der Waals surface area contributed by atoms with E-state index in [0.717, 1.165) is 24.4 Å². The van der Waals surface area contributed by atoms with Crippen LogP contribution in [0.15, 0.2) is 16.5 Å². The van der Waals surface area contributed by atoms with Crippen LogP contribution in [0.4, 0.5) is 0 Å². The van der Waals surface area contributed by atoms with Gasteiger partial charge in [-0.1, -0.05) is 0 Å². The quantitative estimate of drug-likeness (QED) is 0.838. The Morgan fingerprint density at radius 1 is 1.48 bits per heavy atom. The van der Waals surface area contributed by atoms with E-state index in [9.17, 15) is 13.2 Å². The molecule has 6 nitrogen and oxygen atoms in total. The van der Waals surface area contributed by atoms with Crippen LogP contribution in [-0.4, -0.2) is 49.9 Å². The van der Waals surface area contributed by atoms with Crippen molar-refractivity contribution in [2.24, 2.45) is 5.92 Å². The molecule has 0 N–H and O–H groups in total. The summed E-state index contributed by atoms with van der Waals surface area (Å²) in [5.41, 5.74) is 0. The second kappa shape index (κ2) is 6.19.